The maximum Gasteiger partial charge on any atom is 0.200 e. The van der Waals surface area contributed by atoms with E-state index in [-0.39, 0.29) is 5.41 Å². The van der Waals surface area contributed by atoms with Crippen LogP contribution in [0.4, 0.5) is 0 Å². The Balaban J connectivity index is 2.02. The number of hydrogen-bond donors (Lipinski definition) is 0. The molecule has 0 spiro atoms. The van der Waals surface area contributed by atoms with Crippen LogP contribution in [0.3, 0.4) is 0 Å². The molecule has 2 aliphatic rings. The van der Waals surface area contributed by atoms with Gasteiger partial charge in [-0.15, -0.1) is 0 Å². The molecule has 0 unspecified atom stereocenters. The second-order valence-electron chi connectivity index (χ2n) is 7.15. The van der Waals surface area contributed by atoms with Gasteiger partial charge in [-0.05, 0) is 12.2 Å². The summed E-state index contributed by atoms with van der Waals surface area (Å²) < 4.78 is 0. The Bertz CT molecular complexity index is 485. The van der Waals surface area contributed by atoms with Crippen LogP contribution in [-0.2, 0) is 0 Å². The van der Waals surface area contributed by atoms with Gasteiger partial charge in [0.1, 0.15) is 0 Å². The summed E-state index contributed by atoms with van der Waals surface area (Å²) >= 11 is 0. The Labute approximate surface area is 140 Å². The van der Waals surface area contributed by atoms with Gasteiger partial charge in [-0.3, -0.25) is 9.98 Å². The second kappa shape index (κ2) is 7.06. The molecule has 6 nitrogen and oxygen atoms in total. The van der Waals surface area contributed by atoms with E-state index in [0.717, 1.165) is 38.1 Å². The maximum atomic E-state index is 4.83. The van der Waals surface area contributed by atoms with E-state index in [4.69, 9.17) is 9.98 Å². The highest BCUT2D eigenvalue weighted by Crippen LogP contribution is 2.18. The Hall–Kier alpha value is -1.98. The molecule has 0 aliphatic carbocycles. The number of aliphatic imine (C=N–C) groups is 2. The quantitative estimate of drug-likeness (QED) is 0.787. The average molecular weight is 318 g/mol. The largest absolute Gasteiger partial charge is 0.342 e. The van der Waals surface area contributed by atoms with Gasteiger partial charge in [-0.25, -0.2) is 0 Å². The molecule has 0 amide bonds. The Morgan fingerprint density at radius 1 is 0.826 bits per heavy atom. The summed E-state index contributed by atoms with van der Waals surface area (Å²) in [6, 6.07) is 0. The van der Waals surface area contributed by atoms with Crippen molar-refractivity contribution >= 4 is 11.9 Å². The van der Waals surface area contributed by atoms with Crippen molar-refractivity contribution in [3.05, 3.63) is 24.6 Å². The highest BCUT2D eigenvalue weighted by Gasteiger charge is 2.21. The van der Waals surface area contributed by atoms with Crippen molar-refractivity contribution in [3.63, 3.8) is 0 Å². The van der Waals surface area contributed by atoms with Gasteiger partial charge in [0.25, 0.3) is 0 Å². The molecule has 2 heterocycles. The highest BCUT2D eigenvalue weighted by atomic mass is 15.4. The zero-order valence-electron chi connectivity index (χ0n) is 15.3. The van der Waals surface area contributed by atoms with Crippen molar-refractivity contribution in [3.8, 4) is 0 Å². The minimum atomic E-state index is 0.0195. The molecule has 0 atom stereocenters. The molecule has 0 bridgehead atoms. The van der Waals surface area contributed by atoms with Crippen molar-refractivity contribution in [1.82, 2.24) is 19.6 Å². The molecule has 0 fully saturated rings. The number of hydrogen-bond acceptors (Lipinski definition) is 2. The lowest BCUT2D eigenvalue weighted by atomic mass is 9.94. The van der Waals surface area contributed by atoms with Crippen molar-refractivity contribution in [2.45, 2.75) is 13.8 Å². The van der Waals surface area contributed by atoms with Crippen LogP contribution in [0.5, 0.6) is 0 Å². The van der Waals surface area contributed by atoms with E-state index >= 15 is 0 Å². The SMILES string of the molecule is CN1C=CCN(C)C1=NCC(C)(C)CN=C1N(C)C=CCN1C. The Morgan fingerprint density at radius 2 is 1.22 bits per heavy atom. The summed E-state index contributed by atoms with van der Waals surface area (Å²) in [4.78, 5) is 18.1. The van der Waals surface area contributed by atoms with Gasteiger partial charge in [0.05, 0.1) is 0 Å². The summed E-state index contributed by atoms with van der Waals surface area (Å²) in [5.41, 5.74) is 0.0195. The Morgan fingerprint density at radius 3 is 1.57 bits per heavy atom. The van der Waals surface area contributed by atoms with Crippen LogP contribution >= 0.6 is 0 Å². The number of nitrogens with zero attached hydrogens (tertiary/aromatic N) is 6. The van der Waals surface area contributed by atoms with Crippen LogP contribution in [-0.4, -0.2) is 85.9 Å². The third-order valence-corrected chi connectivity index (χ3v) is 4.03. The Kier molecular flexibility index (Phi) is 5.34. The standard InChI is InChI=1S/C17H30N6/c1-17(2,13-18-15-20(3)9-7-10-21(15)4)14-19-16-22(5)11-8-12-23(16)6/h7-9,11H,10,12-14H2,1-6H3. The van der Waals surface area contributed by atoms with Crippen LogP contribution in [0.2, 0.25) is 0 Å². The zero-order chi connectivity index (χ0) is 17.0. The minimum absolute atomic E-state index is 0.0195. The molecule has 0 saturated heterocycles. The normalized spacial score (nSPS) is 22.7. The predicted octanol–water partition coefficient (Wildman–Crippen LogP) is 1.51. The topological polar surface area (TPSA) is 37.7 Å². The van der Waals surface area contributed by atoms with Gasteiger partial charge in [-0.1, -0.05) is 13.8 Å². The van der Waals surface area contributed by atoms with Gasteiger partial charge in [0.2, 0.25) is 0 Å². The number of guanidine groups is 2. The summed E-state index contributed by atoms with van der Waals surface area (Å²) in [5.74, 6) is 2.03. The third-order valence-electron chi connectivity index (χ3n) is 4.03. The van der Waals surface area contributed by atoms with E-state index in [1.165, 1.54) is 0 Å². The first-order chi connectivity index (χ1) is 10.8. The number of likely N-dealkylation sites (N-methyl/N-ethyl adjacent to an activating group) is 2. The molecule has 6 heteroatoms. The lowest BCUT2D eigenvalue weighted by Crippen LogP contribution is -2.42. The average Bonchev–Trinajstić information content (AvgIpc) is 2.46. The minimum Gasteiger partial charge on any atom is -0.342 e. The lowest BCUT2D eigenvalue weighted by molar-refractivity contribution is 0.372. The van der Waals surface area contributed by atoms with Crippen molar-refractivity contribution < 1.29 is 0 Å². The molecule has 128 valence electrons. The second-order valence-corrected chi connectivity index (χ2v) is 7.15. The van der Waals surface area contributed by atoms with E-state index in [2.05, 4.69) is 72.1 Å². The van der Waals surface area contributed by atoms with E-state index in [0.29, 0.717) is 0 Å². The first-order valence-corrected chi connectivity index (χ1v) is 8.10. The number of rotatable bonds is 4. The molecule has 0 N–H and O–H groups in total. The molecule has 0 radical (unpaired) electrons. The summed E-state index contributed by atoms with van der Waals surface area (Å²) in [7, 11) is 8.22. The van der Waals surface area contributed by atoms with E-state index in [9.17, 15) is 0 Å². The van der Waals surface area contributed by atoms with Gasteiger partial charge in [-0.2, -0.15) is 0 Å². The molecular weight excluding hydrogens is 288 g/mol. The van der Waals surface area contributed by atoms with E-state index < -0.39 is 0 Å². The predicted molar refractivity (Wildman–Crippen MR) is 97.5 cm³/mol. The molecule has 23 heavy (non-hydrogen) atoms. The van der Waals surface area contributed by atoms with Crippen LogP contribution in [0.15, 0.2) is 34.5 Å². The molecule has 0 aromatic rings. The molecule has 2 rings (SSSR count). The summed E-state index contributed by atoms with van der Waals surface area (Å²) in [6.07, 6.45) is 8.42. The van der Waals surface area contributed by atoms with Crippen molar-refractivity contribution in [1.29, 1.82) is 0 Å². The van der Waals surface area contributed by atoms with Crippen LogP contribution in [0, 0.1) is 5.41 Å². The van der Waals surface area contributed by atoms with Gasteiger partial charge in [0.15, 0.2) is 11.9 Å². The first-order valence-electron chi connectivity index (χ1n) is 8.10. The van der Waals surface area contributed by atoms with Gasteiger partial charge < -0.3 is 19.6 Å². The van der Waals surface area contributed by atoms with Gasteiger partial charge in [0, 0.05) is 72.2 Å². The zero-order valence-corrected chi connectivity index (χ0v) is 15.3. The fourth-order valence-electron chi connectivity index (χ4n) is 2.65. The van der Waals surface area contributed by atoms with E-state index in [1.54, 1.807) is 0 Å². The molecular formula is C17H30N6. The fraction of sp³-hybridized carbons (Fsp3) is 0.647. The summed E-state index contributed by atoms with van der Waals surface area (Å²) in [5, 5.41) is 0. The smallest absolute Gasteiger partial charge is 0.200 e. The van der Waals surface area contributed by atoms with Crippen LogP contribution < -0.4 is 0 Å². The summed E-state index contributed by atoms with van der Waals surface area (Å²) in [6.45, 7) is 7.77. The molecule has 0 saturated carbocycles. The monoisotopic (exact) mass is 318 g/mol. The van der Waals surface area contributed by atoms with Gasteiger partial charge >= 0.3 is 0 Å². The van der Waals surface area contributed by atoms with Crippen LogP contribution in [0.25, 0.3) is 0 Å². The van der Waals surface area contributed by atoms with Crippen molar-refractivity contribution in [2.24, 2.45) is 15.4 Å². The first kappa shape index (κ1) is 17.4. The maximum absolute atomic E-state index is 4.83. The third kappa shape index (κ3) is 4.50. The molecule has 0 aromatic carbocycles. The van der Waals surface area contributed by atoms with Crippen molar-refractivity contribution in [2.75, 3.05) is 54.4 Å². The highest BCUT2D eigenvalue weighted by molar-refractivity contribution is 5.82. The lowest BCUT2D eigenvalue weighted by Gasteiger charge is -2.32. The van der Waals surface area contributed by atoms with E-state index in [1.807, 2.05) is 14.1 Å². The molecule has 0 aromatic heterocycles. The fourth-order valence-corrected chi connectivity index (χ4v) is 2.65. The molecule has 2 aliphatic heterocycles. The van der Waals surface area contributed by atoms with Crippen LogP contribution in [0.1, 0.15) is 13.8 Å².